The Balaban J connectivity index is 1.48. The van der Waals surface area contributed by atoms with Crippen LogP contribution in [0.2, 0.25) is 0 Å². The zero-order valence-corrected chi connectivity index (χ0v) is 10.7. The molecular weight excluding hydrogens is 210 g/mol. The molecule has 5 aliphatic rings. The normalized spacial score (nSPS) is 52.9. The lowest BCUT2D eigenvalue weighted by molar-refractivity contribution is -0.0280. The standard InChI is InChI=1S/C14H25N3/c1-2-16-13(9-15-1)17-14-6-10-3-11(7-14)5-12(4-10)8-14/h10-13,15-17H,1-9H2. The van der Waals surface area contributed by atoms with E-state index in [9.17, 15) is 0 Å². The summed E-state index contributed by atoms with van der Waals surface area (Å²) in [5, 5.41) is 11.1. The van der Waals surface area contributed by atoms with Gasteiger partial charge in [0.2, 0.25) is 0 Å². The maximum absolute atomic E-state index is 3.99. The molecule has 0 radical (unpaired) electrons. The van der Waals surface area contributed by atoms with Crippen molar-refractivity contribution >= 4 is 0 Å². The molecule has 0 amide bonds. The molecule has 1 saturated heterocycles. The number of hydrogen-bond acceptors (Lipinski definition) is 3. The van der Waals surface area contributed by atoms with Crippen molar-refractivity contribution in [2.75, 3.05) is 19.6 Å². The van der Waals surface area contributed by atoms with Crippen LogP contribution < -0.4 is 16.0 Å². The van der Waals surface area contributed by atoms with Gasteiger partial charge in [-0.15, -0.1) is 0 Å². The Morgan fingerprint density at radius 3 is 2.06 bits per heavy atom. The second-order valence-corrected chi connectivity index (χ2v) is 7.05. The van der Waals surface area contributed by atoms with E-state index in [1.165, 1.54) is 38.5 Å². The Morgan fingerprint density at radius 2 is 1.53 bits per heavy atom. The van der Waals surface area contributed by atoms with Crippen molar-refractivity contribution < 1.29 is 0 Å². The summed E-state index contributed by atoms with van der Waals surface area (Å²) < 4.78 is 0. The molecule has 0 spiro atoms. The zero-order valence-electron chi connectivity index (χ0n) is 10.7. The van der Waals surface area contributed by atoms with Gasteiger partial charge in [0.1, 0.15) is 0 Å². The fraction of sp³-hybridized carbons (Fsp3) is 1.00. The molecule has 3 nitrogen and oxygen atoms in total. The molecule has 0 aromatic carbocycles. The highest BCUT2D eigenvalue weighted by Gasteiger charge is 2.51. The molecule has 3 N–H and O–H groups in total. The highest BCUT2D eigenvalue weighted by molar-refractivity contribution is 5.07. The van der Waals surface area contributed by atoms with Crippen LogP contribution in [0, 0.1) is 17.8 Å². The van der Waals surface area contributed by atoms with Crippen molar-refractivity contribution in [1.82, 2.24) is 16.0 Å². The number of piperazine rings is 1. The molecule has 96 valence electrons. The smallest absolute Gasteiger partial charge is 0.0705 e. The van der Waals surface area contributed by atoms with Crippen molar-refractivity contribution in [1.29, 1.82) is 0 Å². The molecule has 1 heterocycles. The average Bonchev–Trinajstić information content (AvgIpc) is 2.27. The van der Waals surface area contributed by atoms with E-state index in [0.717, 1.165) is 37.4 Å². The Kier molecular flexibility index (Phi) is 2.50. The first-order valence-electron chi connectivity index (χ1n) is 7.53. The van der Waals surface area contributed by atoms with E-state index in [4.69, 9.17) is 0 Å². The first-order valence-corrected chi connectivity index (χ1v) is 7.53. The second kappa shape index (κ2) is 3.94. The van der Waals surface area contributed by atoms with Gasteiger partial charge in [0.25, 0.3) is 0 Å². The molecule has 1 unspecified atom stereocenters. The summed E-state index contributed by atoms with van der Waals surface area (Å²) >= 11 is 0. The third kappa shape index (κ3) is 1.92. The summed E-state index contributed by atoms with van der Waals surface area (Å²) in [5.41, 5.74) is 0.505. The van der Waals surface area contributed by atoms with Crippen LogP contribution in [-0.2, 0) is 0 Å². The van der Waals surface area contributed by atoms with E-state index in [2.05, 4.69) is 16.0 Å². The van der Waals surface area contributed by atoms with E-state index in [1.54, 1.807) is 0 Å². The van der Waals surface area contributed by atoms with Gasteiger partial charge < -0.3 is 5.32 Å². The molecular formula is C14H25N3. The summed E-state index contributed by atoms with van der Waals surface area (Å²) in [6.45, 7) is 3.34. The molecule has 4 saturated carbocycles. The van der Waals surface area contributed by atoms with Crippen molar-refractivity contribution in [2.45, 2.75) is 50.2 Å². The van der Waals surface area contributed by atoms with E-state index in [0.29, 0.717) is 11.7 Å². The Bertz CT molecular complexity index is 261. The van der Waals surface area contributed by atoms with Gasteiger partial charge in [-0.1, -0.05) is 0 Å². The summed E-state index contributed by atoms with van der Waals surface area (Å²) in [6.07, 6.45) is 9.50. The van der Waals surface area contributed by atoms with Gasteiger partial charge in [0, 0.05) is 25.2 Å². The van der Waals surface area contributed by atoms with Crippen LogP contribution in [0.25, 0.3) is 0 Å². The van der Waals surface area contributed by atoms with Gasteiger partial charge >= 0.3 is 0 Å². The molecule has 5 rings (SSSR count). The fourth-order valence-corrected chi connectivity index (χ4v) is 5.41. The molecule has 0 aromatic heterocycles. The van der Waals surface area contributed by atoms with Gasteiger partial charge in [-0.25, -0.2) is 0 Å². The third-order valence-electron chi connectivity index (χ3n) is 5.56. The maximum atomic E-state index is 3.99. The minimum Gasteiger partial charge on any atom is -0.313 e. The predicted molar refractivity (Wildman–Crippen MR) is 68.7 cm³/mol. The summed E-state index contributed by atoms with van der Waals surface area (Å²) in [5.74, 6) is 3.14. The average molecular weight is 235 g/mol. The number of rotatable bonds is 2. The minimum atomic E-state index is 0.505. The SMILES string of the molecule is C1CNC(NC23CC4CC(CC(C4)C2)C3)CN1. The van der Waals surface area contributed by atoms with E-state index in [1.807, 2.05) is 0 Å². The number of hydrogen-bond donors (Lipinski definition) is 3. The first-order chi connectivity index (χ1) is 8.31. The fourth-order valence-electron chi connectivity index (χ4n) is 5.41. The van der Waals surface area contributed by atoms with Gasteiger partial charge in [0.15, 0.2) is 0 Å². The zero-order chi connectivity index (χ0) is 11.3. The van der Waals surface area contributed by atoms with Crippen LogP contribution >= 0.6 is 0 Å². The Morgan fingerprint density at radius 1 is 0.882 bits per heavy atom. The second-order valence-electron chi connectivity index (χ2n) is 7.05. The minimum absolute atomic E-state index is 0.505. The molecule has 4 aliphatic carbocycles. The Labute approximate surface area is 104 Å². The predicted octanol–water partition coefficient (Wildman–Crippen LogP) is 1.06. The lowest BCUT2D eigenvalue weighted by Gasteiger charge is -2.58. The monoisotopic (exact) mass is 235 g/mol. The largest absolute Gasteiger partial charge is 0.313 e. The highest BCUT2D eigenvalue weighted by atomic mass is 15.2. The van der Waals surface area contributed by atoms with Gasteiger partial charge in [-0.3, -0.25) is 10.6 Å². The van der Waals surface area contributed by atoms with Crippen molar-refractivity contribution in [3.63, 3.8) is 0 Å². The topological polar surface area (TPSA) is 36.1 Å². The molecule has 17 heavy (non-hydrogen) atoms. The van der Waals surface area contributed by atoms with Crippen LogP contribution in [-0.4, -0.2) is 31.3 Å². The first kappa shape index (κ1) is 10.8. The van der Waals surface area contributed by atoms with Crippen LogP contribution in [0.5, 0.6) is 0 Å². The molecule has 5 fully saturated rings. The lowest BCUT2D eigenvalue weighted by atomic mass is 9.53. The lowest BCUT2D eigenvalue weighted by Crippen LogP contribution is -2.66. The van der Waals surface area contributed by atoms with Gasteiger partial charge in [-0.05, 0) is 56.3 Å². The van der Waals surface area contributed by atoms with Crippen molar-refractivity contribution in [3.8, 4) is 0 Å². The Hall–Kier alpha value is -0.120. The quantitative estimate of drug-likeness (QED) is 0.670. The van der Waals surface area contributed by atoms with Crippen LogP contribution in [0.4, 0.5) is 0 Å². The third-order valence-corrected chi connectivity index (χ3v) is 5.56. The summed E-state index contributed by atoms with van der Waals surface area (Å²) in [4.78, 5) is 0. The van der Waals surface area contributed by atoms with Gasteiger partial charge in [-0.2, -0.15) is 0 Å². The van der Waals surface area contributed by atoms with Gasteiger partial charge in [0.05, 0.1) is 6.17 Å². The van der Waals surface area contributed by atoms with E-state index < -0.39 is 0 Å². The van der Waals surface area contributed by atoms with Crippen LogP contribution in [0.3, 0.4) is 0 Å². The molecule has 1 atom stereocenters. The number of nitrogens with one attached hydrogen (secondary N) is 3. The molecule has 0 aromatic rings. The summed E-state index contributed by atoms with van der Waals surface area (Å²) in [6, 6.07) is 0. The van der Waals surface area contributed by atoms with Crippen molar-refractivity contribution in [3.05, 3.63) is 0 Å². The highest BCUT2D eigenvalue weighted by Crippen LogP contribution is 2.55. The van der Waals surface area contributed by atoms with Crippen LogP contribution in [0.15, 0.2) is 0 Å². The maximum Gasteiger partial charge on any atom is 0.0705 e. The molecule has 4 bridgehead atoms. The van der Waals surface area contributed by atoms with E-state index >= 15 is 0 Å². The van der Waals surface area contributed by atoms with E-state index in [-0.39, 0.29) is 0 Å². The van der Waals surface area contributed by atoms with Crippen molar-refractivity contribution in [2.24, 2.45) is 17.8 Å². The molecule has 3 heteroatoms. The molecule has 1 aliphatic heterocycles. The van der Waals surface area contributed by atoms with Crippen LogP contribution in [0.1, 0.15) is 38.5 Å². The summed E-state index contributed by atoms with van der Waals surface area (Å²) in [7, 11) is 0.